The van der Waals surface area contributed by atoms with Crippen molar-refractivity contribution < 1.29 is 19.1 Å². The summed E-state index contributed by atoms with van der Waals surface area (Å²) in [6.07, 6.45) is 12.5. The Morgan fingerprint density at radius 2 is 1.43 bits per heavy atom. The van der Waals surface area contributed by atoms with Crippen LogP contribution < -0.4 is 10.6 Å². The van der Waals surface area contributed by atoms with Crippen LogP contribution >= 0.6 is 0 Å². The Hall–Kier alpha value is -5.78. The zero-order chi connectivity index (χ0) is 38.8. The number of fused-ring (bicyclic) bond motifs is 2. The average molecular weight is 755 g/mol. The van der Waals surface area contributed by atoms with Gasteiger partial charge < -0.3 is 30.2 Å². The number of aromatic amines is 2. The molecule has 2 bridgehead atoms. The maximum absolute atomic E-state index is 13.5. The third-order valence-corrected chi connectivity index (χ3v) is 12.2. The van der Waals surface area contributed by atoms with E-state index in [1.165, 1.54) is 12.7 Å². The summed E-state index contributed by atoms with van der Waals surface area (Å²) in [5.74, 6) is 2.54. The van der Waals surface area contributed by atoms with Gasteiger partial charge >= 0.3 is 6.09 Å². The number of aromatic nitrogens is 5. The number of hydrogen-bond donors (Lipinski definition) is 4. The summed E-state index contributed by atoms with van der Waals surface area (Å²) in [4.78, 5) is 61.5. The summed E-state index contributed by atoms with van der Waals surface area (Å²) < 4.78 is 4.76. The number of amides is 3. The Bertz CT molecular complexity index is 2150. The molecule has 1 saturated heterocycles. The van der Waals surface area contributed by atoms with Gasteiger partial charge in [0.2, 0.25) is 11.8 Å². The van der Waals surface area contributed by atoms with Gasteiger partial charge in [-0.25, -0.2) is 14.8 Å². The topological polar surface area (TPSA) is 158 Å². The Morgan fingerprint density at radius 1 is 0.821 bits per heavy atom. The van der Waals surface area contributed by atoms with Crippen molar-refractivity contribution in [2.75, 3.05) is 20.2 Å². The number of methoxy groups -OCH3 is 1. The minimum atomic E-state index is -0.676. The number of hydrogen-bond acceptors (Lipinski definition) is 7. The number of likely N-dealkylation sites (tertiary alicyclic amines) is 1. The summed E-state index contributed by atoms with van der Waals surface area (Å²) in [5.41, 5.74) is 7.25. The van der Waals surface area contributed by atoms with E-state index in [1.807, 2.05) is 43.3 Å². The lowest BCUT2D eigenvalue weighted by Crippen LogP contribution is -2.51. The molecule has 2 aliphatic carbocycles. The lowest BCUT2D eigenvalue weighted by molar-refractivity contribution is -0.135. The molecule has 4 heterocycles. The summed E-state index contributed by atoms with van der Waals surface area (Å²) in [6, 6.07) is 20.0. The number of ether oxygens (including phenoxy) is 1. The van der Waals surface area contributed by atoms with Crippen LogP contribution in [0.3, 0.4) is 0 Å². The van der Waals surface area contributed by atoms with Crippen molar-refractivity contribution >= 4 is 17.9 Å². The molecular formula is C44H50N8O4. The zero-order valence-corrected chi connectivity index (χ0v) is 32.2. The second kappa shape index (κ2) is 16.1. The van der Waals surface area contributed by atoms with Gasteiger partial charge in [-0.15, -0.1) is 0 Å². The van der Waals surface area contributed by atoms with E-state index in [9.17, 15) is 14.4 Å². The number of carbonyl (C=O) groups is 3. The van der Waals surface area contributed by atoms with E-state index in [1.54, 1.807) is 12.4 Å². The van der Waals surface area contributed by atoms with E-state index in [2.05, 4.69) is 79.1 Å². The van der Waals surface area contributed by atoms with Crippen LogP contribution in [0.25, 0.3) is 33.6 Å². The molecule has 12 nitrogen and oxygen atoms in total. The highest BCUT2D eigenvalue weighted by Crippen LogP contribution is 2.56. The number of rotatable bonds is 12. The third-order valence-electron chi connectivity index (χ3n) is 12.2. The predicted molar refractivity (Wildman–Crippen MR) is 213 cm³/mol. The van der Waals surface area contributed by atoms with Crippen molar-refractivity contribution in [2.24, 2.45) is 23.7 Å². The molecule has 3 aromatic heterocycles. The molecule has 2 aromatic carbocycles. The van der Waals surface area contributed by atoms with Gasteiger partial charge in [0, 0.05) is 31.4 Å². The predicted octanol–water partition coefficient (Wildman–Crippen LogP) is 7.06. The molecule has 6 atom stereocenters. The fraction of sp³-hybridized carbons (Fsp3) is 0.409. The van der Waals surface area contributed by atoms with Crippen molar-refractivity contribution in [3.05, 3.63) is 103 Å². The van der Waals surface area contributed by atoms with Crippen LogP contribution in [0, 0.1) is 23.7 Å². The smallest absolute Gasteiger partial charge is 0.407 e. The van der Waals surface area contributed by atoms with Crippen molar-refractivity contribution in [1.29, 1.82) is 0 Å². The van der Waals surface area contributed by atoms with Crippen molar-refractivity contribution in [3.63, 3.8) is 0 Å². The minimum Gasteiger partial charge on any atom is -0.453 e. The molecule has 3 amide bonds. The van der Waals surface area contributed by atoms with Gasteiger partial charge in [-0.05, 0) is 96.2 Å². The van der Waals surface area contributed by atoms with Gasteiger partial charge in [0.05, 0.1) is 42.9 Å². The minimum absolute atomic E-state index is 0.0511. The molecule has 290 valence electrons. The van der Waals surface area contributed by atoms with E-state index in [0.717, 1.165) is 83.8 Å². The molecule has 4 N–H and O–H groups in total. The van der Waals surface area contributed by atoms with Crippen molar-refractivity contribution in [1.82, 2.24) is 40.5 Å². The summed E-state index contributed by atoms with van der Waals surface area (Å²) in [6.45, 7) is 5.05. The molecule has 5 aromatic rings. The standard InChI is InChI=1S/C44H50N8O4/c1-26(2)39(51-44(55)56-3)43(54)52-22-4-5-36(52)40-47-24-34(49-40)30-10-6-28(7-11-30)29-8-12-31(13-9-29)35-25-48-41(50-35)37-32-14-15-33(23-32)38(37)42(53)46-21-18-27-16-19-45-20-17-27/h6-13,16-17,19-20,24-26,32-33,36-39H,4-5,14-15,18,21-23H2,1-3H3,(H,46,53)(H,47,49)(H,48,50)(H,51,55)/t32?,33?,36-,37+,38+,39-/m0/s1. The molecule has 3 fully saturated rings. The van der Waals surface area contributed by atoms with E-state index < -0.39 is 12.1 Å². The number of benzene rings is 2. The van der Waals surface area contributed by atoms with Crippen LogP contribution in [0.5, 0.6) is 0 Å². The van der Waals surface area contributed by atoms with Crippen molar-refractivity contribution in [2.45, 2.75) is 70.4 Å². The van der Waals surface area contributed by atoms with Crippen LogP contribution in [-0.2, 0) is 20.7 Å². The number of nitrogens with one attached hydrogen (secondary N) is 4. The first-order valence-electron chi connectivity index (χ1n) is 19.9. The molecule has 56 heavy (non-hydrogen) atoms. The van der Waals surface area contributed by atoms with E-state index in [4.69, 9.17) is 9.72 Å². The van der Waals surface area contributed by atoms with Crippen LogP contribution in [-0.4, -0.2) is 74.0 Å². The fourth-order valence-electron chi connectivity index (χ4n) is 9.24. The number of imidazole rings is 2. The maximum Gasteiger partial charge on any atom is 0.407 e. The molecule has 1 aliphatic heterocycles. The monoisotopic (exact) mass is 754 g/mol. The first-order valence-corrected chi connectivity index (χ1v) is 19.9. The highest BCUT2D eigenvalue weighted by atomic mass is 16.5. The molecule has 0 radical (unpaired) electrons. The zero-order valence-electron chi connectivity index (χ0n) is 32.2. The molecular weight excluding hydrogens is 705 g/mol. The lowest BCUT2D eigenvalue weighted by atomic mass is 9.78. The van der Waals surface area contributed by atoms with E-state index in [-0.39, 0.29) is 35.6 Å². The lowest BCUT2D eigenvalue weighted by Gasteiger charge is -2.30. The van der Waals surface area contributed by atoms with E-state index >= 15 is 0 Å². The van der Waals surface area contributed by atoms with Crippen LogP contribution in [0.4, 0.5) is 4.79 Å². The summed E-state index contributed by atoms with van der Waals surface area (Å²) in [7, 11) is 1.30. The molecule has 0 spiro atoms. The Kier molecular flexibility index (Phi) is 10.7. The summed E-state index contributed by atoms with van der Waals surface area (Å²) in [5, 5.41) is 5.93. The van der Waals surface area contributed by atoms with Crippen LogP contribution in [0.15, 0.2) is 85.5 Å². The van der Waals surface area contributed by atoms with Crippen LogP contribution in [0.2, 0.25) is 0 Å². The largest absolute Gasteiger partial charge is 0.453 e. The highest BCUT2D eigenvalue weighted by molar-refractivity contribution is 5.86. The first kappa shape index (κ1) is 37.2. The Labute approximate surface area is 327 Å². The number of nitrogens with zero attached hydrogens (tertiary/aromatic N) is 4. The Morgan fingerprint density at radius 3 is 2.07 bits per heavy atom. The van der Waals surface area contributed by atoms with Crippen LogP contribution in [0.1, 0.15) is 75.1 Å². The number of H-pyrrole nitrogens is 2. The molecule has 3 aliphatic rings. The van der Waals surface area contributed by atoms with Gasteiger partial charge in [-0.1, -0.05) is 62.4 Å². The quantitative estimate of drug-likeness (QED) is 0.106. The van der Waals surface area contributed by atoms with E-state index in [0.29, 0.717) is 24.9 Å². The Balaban J connectivity index is 0.906. The fourth-order valence-corrected chi connectivity index (χ4v) is 9.24. The second-order valence-corrected chi connectivity index (χ2v) is 15.8. The molecule has 8 rings (SSSR count). The average Bonchev–Trinajstić information content (AvgIpc) is 4.09. The SMILES string of the molecule is COC(=O)N[C@H](C(=O)N1CCC[C@H]1c1ncc(-c2ccc(-c3ccc(-c4cnc([C@@H]5C6CCC(C6)[C@H]5C(=O)NCCc5ccncc5)[nH]4)cc3)cc2)[nH]1)C(C)C. The molecule has 2 unspecified atom stereocenters. The number of pyridine rings is 1. The third kappa shape index (κ3) is 7.56. The second-order valence-electron chi connectivity index (χ2n) is 15.8. The van der Waals surface area contributed by atoms with Gasteiger partial charge in [0.25, 0.3) is 0 Å². The number of alkyl carbamates (subject to hydrolysis) is 1. The first-order chi connectivity index (χ1) is 27.3. The summed E-state index contributed by atoms with van der Waals surface area (Å²) >= 11 is 0. The van der Waals surface area contributed by atoms with Gasteiger partial charge in [0.1, 0.15) is 17.7 Å². The van der Waals surface area contributed by atoms with Gasteiger partial charge in [0.15, 0.2) is 0 Å². The number of carbonyl (C=O) groups excluding carboxylic acids is 3. The van der Waals surface area contributed by atoms with Gasteiger partial charge in [-0.3, -0.25) is 14.6 Å². The van der Waals surface area contributed by atoms with Crippen molar-refractivity contribution in [3.8, 4) is 33.6 Å². The maximum atomic E-state index is 13.5. The molecule has 12 heteroatoms. The molecule has 2 saturated carbocycles. The normalized spacial score (nSPS) is 22.0. The van der Waals surface area contributed by atoms with Gasteiger partial charge in [-0.2, -0.15) is 0 Å². The highest BCUT2D eigenvalue weighted by Gasteiger charge is 2.52.